The first-order chi connectivity index (χ1) is 8.63. The third-order valence-corrected chi connectivity index (χ3v) is 3.25. The Morgan fingerprint density at radius 2 is 2.28 bits per heavy atom. The van der Waals surface area contributed by atoms with Crippen LogP contribution in [0.2, 0.25) is 0 Å². The summed E-state index contributed by atoms with van der Waals surface area (Å²) in [4.78, 5) is 25.5. The van der Waals surface area contributed by atoms with Crippen molar-refractivity contribution in [1.82, 2.24) is 10.2 Å². The van der Waals surface area contributed by atoms with E-state index in [1.54, 1.807) is 30.2 Å². The summed E-state index contributed by atoms with van der Waals surface area (Å²) in [5.74, 6) is -0.419. The quantitative estimate of drug-likeness (QED) is 0.797. The second-order valence-electron chi connectivity index (χ2n) is 3.71. The van der Waals surface area contributed by atoms with Gasteiger partial charge in [0.15, 0.2) is 0 Å². The molecule has 0 aliphatic rings. The number of rotatable bonds is 6. The summed E-state index contributed by atoms with van der Waals surface area (Å²) in [6.45, 7) is 2.58. The normalized spacial score (nSPS) is 9.89. The maximum Gasteiger partial charge on any atom is 0.325 e. The molecule has 100 valence electrons. The first-order valence-corrected chi connectivity index (χ1v) is 6.68. The van der Waals surface area contributed by atoms with Crippen molar-refractivity contribution in [1.29, 1.82) is 0 Å². The van der Waals surface area contributed by atoms with Crippen molar-refractivity contribution in [2.45, 2.75) is 13.3 Å². The number of esters is 1. The van der Waals surface area contributed by atoms with Crippen molar-refractivity contribution in [2.75, 3.05) is 26.7 Å². The van der Waals surface area contributed by atoms with E-state index < -0.39 is 5.97 Å². The first-order valence-electron chi connectivity index (χ1n) is 5.80. The number of hydrogen-bond acceptors (Lipinski definition) is 4. The van der Waals surface area contributed by atoms with Crippen LogP contribution in [-0.2, 0) is 16.0 Å². The van der Waals surface area contributed by atoms with Crippen molar-refractivity contribution >= 4 is 23.3 Å². The standard InChI is InChI=1S/C12H18N2O3S/c1-3-17-11(15)9-13-12(16)14(2)7-6-10-5-4-8-18-10/h4-5,8H,3,6-7,9H2,1-2H3,(H,13,16). The maximum atomic E-state index is 11.6. The lowest BCUT2D eigenvalue weighted by molar-refractivity contribution is -0.141. The van der Waals surface area contributed by atoms with E-state index in [-0.39, 0.29) is 12.6 Å². The van der Waals surface area contributed by atoms with E-state index in [4.69, 9.17) is 4.74 Å². The molecule has 18 heavy (non-hydrogen) atoms. The summed E-state index contributed by atoms with van der Waals surface area (Å²) < 4.78 is 4.72. The van der Waals surface area contributed by atoms with Crippen LogP contribution in [0.15, 0.2) is 17.5 Å². The van der Waals surface area contributed by atoms with Crippen molar-refractivity contribution in [3.05, 3.63) is 22.4 Å². The SMILES string of the molecule is CCOC(=O)CNC(=O)N(C)CCc1cccs1. The molecule has 1 N–H and O–H groups in total. The van der Waals surface area contributed by atoms with Crippen LogP contribution in [0, 0.1) is 0 Å². The molecular formula is C12H18N2O3S. The van der Waals surface area contributed by atoms with E-state index in [0.29, 0.717) is 13.2 Å². The van der Waals surface area contributed by atoms with Crippen LogP contribution in [0.3, 0.4) is 0 Å². The van der Waals surface area contributed by atoms with Crippen molar-refractivity contribution in [2.24, 2.45) is 0 Å². The third-order valence-electron chi connectivity index (χ3n) is 2.31. The van der Waals surface area contributed by atoms with Gasteiger partial charge in [-0.3, -0.25) is 4.79 Å². The minimum absolute atomic E-state index is 0.0873. The molecule has 1 aromatic rings. The van der Waals surface area contributed by atoms with Crippen LogP contribution < -0.4 is 5.32 Å². The Kier molecular flexibility index (Phi) is 6.21. The molecule has 0 saturated carbocycles. The zero-order chi connectivity index (χ0) is 13.4. The highest BCUT2D eigenvalue weighted by atomic mass is 32.1. The molecule has 0 spiro atoms. The molecule has 0 radical (unpaired) electrons. The highest BCUT2D eigenvalue weighted by molar-refractivity contribution is 7.09. The van der Waals surface area contributed by atoms with Gasteiger partial charge in [-0.05, 0) is 24.8 Å². The number of ether oxygens (including phenoxy) is 1. The van der Waals surface area contributed by atoms with Crippen LogP contribution in [0.4, 0.5) is 4.79 Å². The fourth-order valence-electron chi connectivity index (χ4n) is 1.33. The maximum absolute atomic E-state index is 11.6. The molecule has 0 unspecified atom stereocenters. The lowest BCUT2D eigenvalue weighted by atomic mass is 10.3. The molecule has 1 rings (SSSR count). The Morgan fingerprint density at radius 3 is 2.89 bits per heavy atom. The second-order valence-corrected chi connectivity index (χ2v) is 4.75. The predicted octanol–water partition coefficient (Wildman–Crippen LogP) is 1.50. The van der Waals surface area contributed by atoms with Gasteiger partial charge in [0.1, 0.15) is 6.54 Å². The lowest BCUT2D eigenvalue weighted by Gasteiger charge is -2.17. The summed E-state index contributed by atoms with van der Waals surface area (Å²) in [7, 11) is 1.70. The van der Waals surface area contributed by atoms with Crippen LogP contribution >= 0.6 is 11.3 Å². The molecule has 1 aromatic heterocycles. The summed E-state index contributed by atoms with van der Waals surface area (Å²) in [6, 6.07) is 3.76. The van der Waals surface area contributed by atoms with Gasteiger partial charge in [0.2, 0.25) is 0 Å². The molecule has 0 bridgehead atoms. The van der Waals surface area contributed by atoms with Crippen LogP contribution in [0.1, 0.15) is 11.8 Å². The van der Waals surface area contributed by atoms with Crippen molar-refractivity contribution in [3.8, 4) is 0 Å². The Morgan fingerprint density at radius 1 is 1.50 bits per heavy atom. The molecular weight excluding hydrogens is 252 g/mol. The molecule has 0 aliphatic carbocycles. The Labute approximate surface area is 111 Å². The third kappa shape index (κ3) is 5.18. The van der Waals surface area contributed by atoms with E-state index in [9.17, 15) is 9.59 Å². The fraction of sp³-hybridized carbons (Fsp3) is 0.500. The summed E-state index contributed by atoms with van der Waals surface area (Å²) in [6.07, 6.45) is 0.820. The monoisotopic (exact) mass is 270 g/mol. The fourth-order valence-corrected chi connectivity index (χ4v) is 2.03. The molecule has 5 nitrogen and oxygen atoms in total. The molecule has 0 aromatic carbocycles. The van der Waals surface area contributed by atoms with Crippen LogP contribution in [0.5, 0.6) is 0 Å². The zero-order valence-corrected chi connectivity index (χ0v) is 11.5. The van der Waals surface area contributed by atoms with E-state index >= 15 is 0 Å². The topological polar surface area (TPSA) is 58.6 Å². The zero-order valence-electron chi connectivity index (χ0n) is 10.6. The van der Waals surface area contributed by atoms with Gasteiger partial charge in [-0.15, -0.1) is 11.3 Å². The minimum Gasteiger partial charge on any atom is -0.465 e. The second kappa shape index (κ2) is 7.71. The summed E-state index contributed by atoms with van der Waals surface area (Å²) >= 11 is 1.67. The van der Waals surface area contributed by atoms with Crippen molar-refractivity contribution < 1.29 is 14.3 Å². The smallest absolute Gasteiger partial charge is 0.325 e. The Balaban J connectivity index is 2.22. The van der Waals surface area contributed by atoms with Gasteiger partial charge >= 0.3 is 12.0 Å². The number of nitrogens with zero attached hydrogens (tertiary/aromatic N) is 1. The van der Waals surface area contributed by atoms with Gasteiger partial charge in [-0.2, -0.15) is 0 Å². The summed E-state index contributed by atoms with van der Waals surface area (Å²) in [5, 5.41) is 4.52. The van der Waals surface area contributed by atoms with E-state index in [2.05, 4.69) is 5.32 Å². The lowest BCUT2D eigenvalue weighted by Crippen LogP contribution is -2.41. The molecule has 0 atom stereocenters. The van der Waals surface area contributed by atoms with Crippen LogP contribution in [0.25, 0.3) is 0 Å². The molecule has 0 saturated heterocycles. The van der Waals surface area contributed by atoms with Gasteiger partial charge in [-0.1, -0.05) is 6.07 Å². The average Bonchev–Trinajstić information content (AvgIpc) is 2.86. The number of likely N-dealkylation sites (N-methyl/N-ethyl adjacent to an activating group) is 1. The number of thiophene rings is 1. The van der Waals surface area contributed by atoms with Crippen molar-refractivity contribution in [3.63, 3.8) is 0 Å². The molecule has 0 aliphatic heterocycles. The highest BCUT2D eigenvalue weighted by Crippen LogP contribution is 2.09. The molecule has 6 heteroatoms. The number of amides is 2. The largest absolute Gasteiger partial charge is 0.465 e. The number of carbonyl (C=O) groups excluding carboxylic acids is 2. The van der Waals surface area contributed by atoms with E-state index in [1.807, 2.05) is 17.5 Å². The molecule has 1 heterocycles. The first kappa shape index (κ1) is 14.5. The van der Waals surface area contributed by atoms with Gasteiger partial charge in [0.05, 0.1) is 6.61 Å². The van der Waals surface area contributed by atoms with Gasteiger partial charge < -0.3 is 15.0 Å². The van der Waals surface area contributed by atoms with Crippen LogP contribution in [-0.4, -0.2) is 43.6 Å². The van der Waals surface area contributed by atoms with E-state index in [0.717, 1.165) is 6.42 Å². The van der Waals surface area contributed by atoms with Gasteiger partial charge in [0.25, 0.3) is 0 Å². The van der Waals surface area contributed by atoms with E-state index in [1.165, 1.54) is 4.88 Å². The molecule has 2 amide bonds. The highest BCUT2D eigenvalue weighted by Gasteiger charge is 2.10. The number of nitrogens with one attached hydrogen (secondary N) is 1. The predicted molar refractivity (Wildman–Crippen MR) is 70.7 cm³/mol. The van der Waals surface area contributed by atoms with Gasteiger partial charge in [-0.25, -0.2) is 4.79 Å². The average molecular weight is 270 g/mol. The summed E-state index contributed by atoms with van der Waals surface area (Å²) in [5.41, 5.74) is 0. The number of hydrogen-bond donors (Lipinski definition) is 1. The molecule has 0 fully saturated rings. The Bertz CT molecular complexity index is 379. The number of urea groups is 1. The number of carbonyl (C=O) groups is 2. The minimum atomic E-state index is -0.419. The van der Waals surface area contributed by atoms with Gasteiger partial charge in [0, 0.05) is 18.5 Å². The Hall–Kier alpha value is -1.56.